The molecular weight excluding hydrogens is 354 g/mol. The molecule has 2 aromatic rings. The number of aryl methyl sites for hydroxylation is 1. The number of amides is 1. The van der Waals surface area contributed by atoms with Crippen LogP contribution in [0.15, 0.2) is 34.8 Å². The Kier molecular flexibility index (Phi) is 4.44. The number of ether oxygens (including phenoxy) is 1. The summed E-state index contributed by atoms with van der Waals surface area (Å²) >= 11 is 3.54. The molecule has 23 heavy (non-hydrogen) atoms. The Balaban J connectivity index is 2.17. The largest absolute Gasteiger partial charge is 0.494 e. The summed E-state index contributed by atoms with van der Waals surface area (Å²) in [6, 6.07) is 10.2. The van der Waals surface area contributed by atoms with Crippen molar-refractivity contribution in [2.75, 3.05) is 11.9 Å². The van der Waals surface area contributed by atoms with Crippen LogP contribution in [-0.2, 0) is 4.79 Å². The Hall–Kier alpha value is -1.81. The first-order chi connectivity index (χ1) is 11.0. The SMILES string of the molecule is CCOc1ccc(Br)cc1[C@H]1CC(=O)Nc2c1ccc(C)c2C. The van der Waals surface area contributed by atoms with Gasteiger partial charge in [0, 0.05) is 28.1 Å². The van der Waals surface area contributed by atoms with Crippen molar-refractivity contribution in [1.29, 1.82) is 0 Å². The van der Waals surface area contributed by atoms with Crippen molar-refractivity contribution in [2.24, 2.45) is 0 Å². The van der Waals surface area contributed by atoms with Gasteiger partial charge in [-0.05, 0) is 55.7 Å². The van der Waals surface area contributed by atoms with E-state index in [0.29, 0.717) is 13.0 Å². The van der Waals surface area contributed by atoms with E-state index in [0.717, 1.165) is 32.6 Å². The van der Waals surface area contributed by atoms with Crippen LogP contribution in [0.1, 0.15) is 41.5 Å². The Bertz CT molecular complexity index is 770. The van der Waals surface area contributed by atoms with Crippen LogP contribution in [-0.4, -0.2) is 12.5 Å². The molecular formula is C19H20BrNO2. The van der Waals surface area contributed by atoms with E-state index < -0.39 is 0 Å². The number of hydrogen-bond donors (Lipinski definition) is 1. The number of carbonyl (C=O) groups excluding carboxylic acids is 1. The molecule has 1 aliphatic heterocycles. The third kappa shape index (κ3) is 3.00. The number of halogens is 1. The zero-order valence-corrected chi connectivity index (χ0v) is 15.2. The van der Waals surface area contributed by atoms with E-state index in [2.05, 4.69) is 53.3 Å². The number of carbonyl (C=O) groups is 1. The molecule has 2 aromatic carbocycles. The number of nitrogens with one attached hydrogen (secondary N) is 1. The first-order valence-electron chi connectivity index (χ1n) is 7.83. The molecule has 0 fully saturated rings. The molecule has 1 aliphatic rings. The van der Waals surface area contributed by atoms with Crippen LogP contribution in [0.5, 0.6) is 5.75 Å². The van der Waals surface area contributed by atoms with Gasteiger partial charge in [0.25, 0.3) is 0 Å². The second-order valence-electron chi connectivity index (χ2n) is 5.89. The molecule has 0 aliphatic carbocycles. The van der Waals surface area contributed by atoms with Gasteiger partial charge in [0.05, 0.1) is 6.61 Å². The quantitative estimate of drug-likeness (QED) is 0.827. The third-order valence-electron chi connectivity index (χ3n) is 4.44. The van der Waals surface area contributed by atoms with Crippen LogP contribution in [0, 0.1) is 13.8 Å². The summed E-state index contributed by atoms with van der Waals surface area (Å²) in [6.07, 6.45) is 0.437. The lowest BCUT2D eigenvalue weighted by Gasteiger charge is -2.29. The van der Waals surface area contributed by atoms with Gasteiger partial charge >= 0.3 is 0 Å². The lowest BCUT2D eigenvalue weighted by Crippen LogP contribution is -2.25. The van der Waals surface area contributed by atoms with Crippen molar-refractivity contribution >= 4 is 27.5 Å². The predicted octanol–water partition coefficient (Wildman–Crippen LogP) is 4.94. The number of fused-ring (bicyclic) bond motifs is 1. The van der Waals surface area contributed by atoms with E-state index in [1.54, 1.807) is 0 Å². The summed E-state index contributed by atoms with van der Waals surface area (Å²) in [7, 11) is 0. The summed E-state index contributed by atoms with van der Waals surface area (Å²) in [6.45, 7) is 6.70. The normalized spacial score (nSPS) is 16.7. The Morgan fingerprint density at radius 2 is 2.00 bits per heavy atom. The average molecular weight is 374 g/mol. The molecule has 120 valence electrons. The average Bonchev–Trinajstić information content (AvgIpc) is 2.52. The second kappa shape index (κ2) is 6.36. The molecule has 0 aromatic heterocycles. The van der Waals surface area contributed by atoms with Crippen LogP contribution in [0.2, 0.25) is 0 Å². The highest BCUT2D eigenvalue weighted by molar-refractivity contribution is 9.10. The zero-order valence-electron chi connectivity index (χ0n) is 13.6. The molecule has 0 saturated carbocycles. The second-order valence-corrected chi connectivity index (χ2v) is 6.81. The number of anilines is 1. The molecule has 1 N–H and O–H groups in total. The highest BCUT2D eigenvalue weighted by Crippen LogP contribution is 2.43. The third-order valence-corrected chi connectivity index (χ3v) is 4.94. The highest BCUT2D eigenvalue weighted by Gasteiger charge is 2.30. The Labute approximate surface area is 145 Å². The first-order valence-corrected chi connectivity index (χ1v) is 8.62. The number of rotatable bonds is 3. The fourth-order valence-electron chi connectivity index (χ4n) is 3.13. The van der Waals surface area contributed by atoms with Gasteiger partial charge < -0.3 is 10.1 Å². The summed E-state index contributed by atoms with van der Waals surface area (Å²) in [5, 5.41) is 3.04. The molecule has 3 nitrogen and oxygen atoms in total. The van der Waals surface area contributed by atoms with E-state index >= 15 is 0 Å². The smallest absolute Gasteiger partial charge is 0.225 e. The molecule has 1 heterocycles. The highest BCUT2D eigenvalue weighted by atomic mass is 79.9. The standard InChI is InChI=1S/C19H20BrNO2/c1-4-23-17-8-6-13(20)9-16(17)15-10-18(22)21-19-12(3)11(2)5-7-14(15)19/h5-9,15H,4,10H2,1-3H3,(H,21,22)/t15-/m0/s1. The summed E-state index contributed by atoms with van der Waals surface area (Å²) in [5.41, 5.74) is 5.48. The van der Waals surface area contributed by atoms with Crippen molar-refractivity contribution in [3.05, 3.63) is 57.1 Å². The maximum absolute atomic E-state index is 12.3. The lowest BCUT2D eigenvalue weighted by molar-refractivity contribution is -0.116. The van der Waals surface area contributed by atoms with E-state index in [9.17, 15) is 4.79 Å². The summed E-state index contributed by atoms with van der Waals surface area (Å²) in [4.78, 5) is 12.3. The van der Waals surface area contributed by atoms with Gasteiger partial charge in [0.15, 0.2) is 0 Å². The maximum Gasteiger partial charge on any atom is 0.225 e. The topological polar surface area (TPSA) is 38.3 Å². The number of hydrogen-bond acceptors (Lipinski definition) is 2. The van der Waals surface area contributed by atoms with Gasteiger partial charge in [0.1, 0.15) is 5.75 Å². The minimum atomic E-state index is 0.0112. The van der Waals surface area contributed by atoms with Crippen molar-refractivity contribution in [2.45, 2.75) is 33.1 Å². The monoisotopic (exact) mass is 373 g/mol. The van der Waals surface area contributed by atoms with Crippen molar-refractivity contribution in [3.63, 3.8) is 0 Å². The van der Waals surface area contributed by atoms with Crippen molar-refractivity contribution in [1.82, 2.24) is 0 Å². The van der Waals surface area contributed by atoms with Crippen LogP contribution in [0.3, 0.4) is 0 Å². The summed E-state index contributed by atoms with van der Waals surface area (Å²) in [5.74, 6) is 0.912. The fourth-order valence-corrected chi connectivity index (χ4v) is 3.51. The molecule has 4 heteroatoms. The molecule has 0 saturated heterocycles. The molecule has 3 rings (SSSR count). The van der Waals surface area contributed by atoms with E-state index in [1.807, 2.05) is 19.1 Å². The van der Waals surface area contributed by atoms with Crippen LogP contribution >= 0.6 is 15.9 Å². The van der Waals surface area contributed by atoms with Gasteiger partial charge in [-0.2, -0.15) is 0 Å². The van der Waals surface area contributed by atoms with Crippen molar-refractivity contribution in [3.8, 4) is 5.75 Å². The first kappa shape index (κ1) is 16.1. The minimum Gasteiger partial charge on any atom is -0.494 e. The van der Waals surface area contributed by atoms with Crippen LogP contribution in [0.4, 0.5) is 5.69 Å². The molecule has 1 atom stereocenters. The van der Waals surface area contributed by atoms with Gasteiger partial charge in [-0.1, -0.05) is 28.1 Å². The predicted molar refractivity (Wildman–Crippen MR) is 96.3 cm³/mol. The van der Waals surface area contributed by atoms with Gasteiger partial charge in [-0.25, -0.2) is 0 Å². The molecule has 0 spiro atoms. The van der Waals surface area contributed by atoms with Crippen molar-refractivity contribution < 1.29 is 9.53 Å². The fraction of sp³-hybridized carbons (Fsp3) is 0.316. The van der Waals surface area contributed by atoms with Gasteiger partial charge in [0.2, 0.25) is 5.91 Å². The molecule has 0 bridgehead atoms. The van der Waals surface area contributed by atoms with Gasteiger partial charge in [-0.3, -0.25) is 4.79 Å². The summed E-state index contributed by atoms with van der Waals surface area (Å²) < 4.78 is 6.79. The van der Waals surface area contributed by atoms with E-state index in [1.165, 1.54) is 5.56 Å². The molecule has 1 amide bonds. The molecule has 0 radical (unpaired) electrons. The van der Waals surface area contributed by atoms with Crippen LogP contribution < -0.4 is 10.1 Å². The van der Waals surface area contributed by atoms with Crippen LogP contribution in [0.25, 0.3) is 0 Å². The van der Waals surface area contributed by atoms with E-state index in [4.69, 9.17) is 4.74 Å². The molecule has 0 unspecified atom stereocenters. The lowest BCUT2D eigenvalue weighted by atomic mass is 9.82. The zero-order chi connectivity index (χ0) is 16.6. The minimum absolute atomic E-state index is 0.0112. The van der Waals surface area contributed by atoms with Gasteiger partial charge in [-0.15, -0.1) is 0 Å². The maximum atomic E-state index is 12.3. The Morgan fingerprint density at radius 1 is 1.22 bits per heavy atom. The van der Waals surface area contributed by atoms with E-state index in [-0.39, 0.29) is 11.8 Å². The number of benzene rings is 2. The Morgan fingerprint density at radius 3 is 2.74 bits per heavy atom.